The van der Waals surface area contributed by atoms with E-state index in [2.05, 4.69) is 0 Å². The van der Waals surface area contributed by atoms with Crippen LogP contribution in [0.5, 0.6) is 5.75 Å². The van der Waals surface area contributed by atoms with Gasteiger partial charge in [0.1, 0.15) is 19.0 Å². The summed E-state index contributed by atoms with van der Waals surface area (Å²) in [6.07, 6.45) is 3.75. The molecule has 0 aliphatic heterocycles. The summed E-state index contributed by atoms with van der Waals surface area (Å²) in [4.78, 5) is 35.2. The second-order valence-corrected chi connectivity index (χ2v) is 6.11. The lowest BCUT2D eigenvalue weighted by Gasteiger charge is -2.08. The number of benzene rings is 1. The summed E-state index contributed by atoms with van der Waals surface area (Å²) in [6, 6.07) is 4.79. The average Bonchev–Trinajstić information content (AvgIpc) is 2.60. The Labute approximate surface area is 159 Å². The summed E-state index contributed by atoms with van der Waals surface area (Å²) in [5.74, 6) is -0.219. The van der Waals surface area contributed by atoms with Crippen molar-refractivity contribution in [1.29, 1.82) is 0 Å². The Morgan fingerprint density at radius 3 is 2.62 bits per heavy atom. The van der Waals surface area contributed by atoms with Crippen molar-refractivity contribution in [2.45, 2.75) is 0 Å². The number of carbonyl (C=O) groups is 1. The van der Waals surface area contributed by atoms with Gasteiger partial charge in [-0.25, -0.2) is 9.59 Å². The van der Waals surface area contributed by atoms with Crippen molar-refractivity contribution in [3.8, 4) is 5.75 Å². The summed E-state index contributed by atoms with van der Waals surface area (Å²) >= 11 is 11.7. The Morgan fingerprint density at radius 1 is 1.19 bits per heavy atom. The van der Waals surface area contributed by atoms with Gasteiger partial charge in [-0.2, -0.15) is 0 Å². The summed E-state index contributed by atoms with van der Waals surface area (Å²) in [5.41, 5.74) is -0.763. The molecule has 1 aromatic heterocycles. The molecule has 0 fully saturated rings. The van der Waals surface area contributed by atoms with Gasteiger partial charge in [0.2, 0.25) is 0 Å². The predicted molar refractivity (Wildman–Crippen MR) is 98.9 cm³/mol. The van der Waals surface area contributed by atoms with E-state index in [1.165, 1.54) is 30.9 Å². The molecule has 0 aliphatic rings. The number of esters is 1. The van der Waals surface area contributed by atoms with Crippen molar-refractivity contribution in [2.75, 3.05) is 13.2 Å². The van der Waals surface area contributed by atoms with Gasteiger partial charge in [-0.05, 0) is 24.3 Å². The van der Waals surface area contributed by atoms with Crippen LogP contribution in [0.15, 0.2) is 40.1 Å². The van der Waals surface area contributed by atoms with Crippen molar-refractivity contribution < 1.29 is 14.3 Å². The van der Waals surface area contributed by atoms with Gasteiger partial charge in [-0.1, -0.05) is 23.2 Å². The second-order valence-electron chi connectivity index (χ2n) is 5.27. The van der Waals surface area contributed by atoms with Gasteiger partial charge >= 0.3 is 11.7 Å². The maximum absolute atomic E-state index is 11.9. The van der Waals surface area contributed by atoms with Crippen LogP contribution in [0.1, 0.15) is 5.56 Å². The van der Waals surface area contributed by atoms with Crippen LogP contribution in [0, 0.1) is 0 Å². The number of halogens is 2. The van der Waals surface area contributed by atoms with Gasteiger partial charge in [0, 0.05) is 31.4 Å². The number of nitrogens with zero attached hydrogens (tertiary/aromatic N) is 2. The smallest absolute Gasteiger partial charge is 0.330 e. The molecule has 0 saturated heterocycles. The monoisotopic (exact) mass is 398 g/mol. The van der Waals surface area contributed by atoms with Crippen LogP contribution in [0.25, 0.3) is 6.08 Å². The molecule has 26 heavy (non-hydrogen) atoms. The lowest BCUT2D eigenvalue weighted by molar-refractivity contribution is -0.138. The fraction of sp³-hybridized carbons (Fsp3) is 0.235. The topological polar surface area (TPSA) is 79.5 Å². The van der Waals surface area contributed by atoms with Crippen LogP contribution in [-0.4, -0.2) is 28.3 Å². The molecule has 138 valence electrons. The van der Waals surface area contributed by atoms with Crippen LogP contribution in [-0.2, 0) is 23.6 Å². The minimum atomic E-state index is -0.647. The number of carbonyl (C=O) groups excluding carboxylic acids is 1. The molecule has 0 unspecified atom stereocenters. The van der Waals surface area contributed by atoms with Crippen LogP contribution in [0.4, 0.5) is 0 Å². The van der Waals surface area contributed by atoms with E-state index in [1.54, 1.807) is 18.2 Å². The molecule has 2 rings (SSSR count). The molecule has 0 saturated carbocycles. The minimum Gasteiger partial charge on any atom is -0.488 e. The van der Waals surface area contributed by atoms with Crippen molar-refractivity contribution in [3.63, 3.8) is 0 Å². The first-order valence-electron chi connectivity index (χ1n) is 7.49. The molecule has 0 spiro atoms. The molecule has 0 amide bonds. The maximum Gasteiger partial charge on any atom is 0.330 e. The molecule has 0 N–H and O–H groups in total. The number of hydrogen-bond donors (Lipinski definition) is 0. The molecule has 1 heterocycles. The molecule has 1 aromatic carbocycles. The van der Waals surface area contributed by atoms with Crippen LogP contribution in [0.3, 0.4) is 0 Å². The summed E-state index contributed by atoms with van der Waals surface area (Å²) in [7, 11) is 2.87. The van der Waals surface area contributed by atoms with Crippen molar-refractivity contribution >= 4 is 35.2 Å². The first-order chi connectivity index (χ1) is 12.3. The summed E-state index contributed by atoms with van der Waals surface area (Å²) in [6.45, 7) is 0.0932. The lowest BCUT2D eigenvalue weighted by Crippen LogP contribution is -2.37. The van der Waals surface area contributed by atoms with Crippen LogP contribution >= 0.6 is 23.2 Å². The van der Waals surface area contributed by atoms with E-state index in [9.17, 15) is 14.4 Å². The first kappa shape index (κ1) is 19.8. The predicted octanol–water partition coefficient (Wildman–Crippen LogP) is 2.03. The number of rotatable bonds is 6. The average molecular weight is 399 g/mol. The second kappa shape index (κ2) is 8.73. The van der Waals surface area contributed by atoms with E-state index in [-0.39, 0.29) is 18.8 Å². The zero-order valence-electron chi connectivity index (χ0n) is 14.1. The summed E-state index contributed by atoms with van der Waals surface area (Å²) in [5, 5.41) is 0.845. The minimum absolute atomic E-state index is 0.00653. The molecule has 0 aliphatic carbocycles. The van der Waals surface area contributed by atoms with E-state index < -0.39 is 17.2 Å². The number of hydrogen-bond acceptors (Lipinski definition) is 5. The fourth-order valence-electron chi connectivity index (χ4n) is 2.04. The normalized spacial score (nSPS) is 10.9. The van der Waals surface area contributed by atoms with Crippen molar-refractivity contribution in [1.82, 2.24) is 9.13 Å². The highest BCUT2D eigenvalue weighted by Gasteiger charge is 2.06. The zero-order chi connectivity index (χ0) is 19.3. The Balaban J connectivity index is 1.88. The van der Waals surface area contributed by atoms with Gasteiger partial charge in [-0.15, -0.1) is 0 Å². The lowest BCUT2D eigenvalue weighted by atomic mass is 10.3. The standard InChI is InChI=1S/C17H16Cl2N2O5/c1-20-10-11(16(23)21(2)17(20)24)3-6-15(22)26-8-7-25-14-5-4-12(18)9-13(14)19/h3-6,9-10H,7-8H2,1-2H3/b6-3+. The SMILES string of the molecule is Cn1cc(/C=C/C(=O)OCCOc2ccc(Cl)cc2Cl)c(=O)n(C)c1=O. The molecule has 2 aromatic rings. The van der Waals surface area contributed by atoms with Gasteiger partial charge in [0.25, 0.3) is 5.56 Å². The largest absolute Gasteiger partial charge is 0.488 e. The van der Waals surface area contributed by atoms with Gasteiger partial charge in [0.15, 0.2) is 0 Å². The van der Waals surface area contributed by atoms with Crippen molar-refractivity contribution in [3.05, 3.63) is 66.9 Å². The van der Waals surface area contributed by atoms with Gasteiger partial charge < -0.3 is 14.0 Å². The molecule has 0 bridgehead atoms. The Kier molecular flexibility index (Phi) is 6.65. The Morgan fingerprint density at radius 2 is 1.92 bits per heavy atom. The highest BCUT2D eigenvalue weighted by molar-refractivity contribution is 6.35. The fourth-order valence-corrected chi connectivity index (χ4v) is 2.51. The Bertz CT molecular complexity index is 963. The van der Waals surface area contributed by atoms with Gasteiger partial charge in [-0.3, -0.25) is 9.36 Å². The van der Waals surface area contributed by atoms with Crippen LogP contribution in [0.2, 0.25) is 10.0 Å². The van der Waals surface area contributed by atoms with Gasteiger partial charge in [0.05, 0.1) is 10.6 Å². The number of ether oxygens (including phenoxy) is 2. The maximum atomic E-state index is 11.9. The third-order valence-electron chi connectivity index (χ3n) is 3.35. The molecule has 9 heteroatoms. The third kappa shape index (κ3) is 5.00. The zero-order valence-corrected chi connectivity index (χ0v) is 15.6. The number of aryl methyl sites for hydroxylation is 1. The van der Waals surface area contributed by atoms with E-state index in [4.69, 9.17) is 32.7 Å². The van der Waals surface area contributed by atoms with E-state index >= 15 is 0 Å². The van der Waals surface area contributed by atoms with Crippen molar-refractivity contribution in [2.24, 2.45) is 14.1 Å². The van der Waals surface area contributed by atoms with Crippen LogP contribution < -0.4 is 16.0 Å². The van der Waals surface area contributed by atoms with E-state index in [0.29, 0.717) is 15.8 Å². The highest BCUT2D eigenvalue weighted by Crippen LogP contribution is 2.27. The quantitative estimate of drug-likeness (QED) is 0.422. The molecular weight excluding hydrogens is 383 g/mol. The van der Waals surface area contributed by atoms with E-state index in [0.717, 1.165) is 10.6 Å². The molecule has 7 nitrogen and oxygen atoms in total. The first-order valence-corrected chi connectivity index (χ1v) is 8.24. The molecule has 0 radical (unpaired) electrons. The molecular formula is C17H16Cl2N2O5. The highest BCUT2D eigenvalue weighted by atomic mass is 35.5. The summed E-state index contributed by atoms with van der Waals surface area (Å²) < 4.78 is 12.6. The van der Waals surface area contributed by atoms with E-state index in [1.807, 2.05) is 0 Å². The Hall–Kier alpha value is -2.51. The molecule has 0 atom stereocenters. The number of aromatic nitrogens is 2. The third-order valence-corrected chi connectivity index (χ3v) is 3.88.